The fourth-order valence-corrected chi connectivity index (χ4v) is 3.46. The van der Waals surface area contributed by atoms with Crippen molar-refractivity contribution < 1.29 is 19.1 Å². The Bertz CT molecular complexity index is 658. The molecule has 0 unspecified atom stereocenters. The minimum absolute atomic E-state index is 0.0868. The molecular weight excluding hydrogens is 332 g/mol. The van der Waals surface area contributed by atoms with Gasteiger partial charge in [-0.15, -0.1) is 0 Å². The van der Waals surface area contributed by atoms with Crippen molar-refractivity contribution >= 4 is 17.5 Å². The molecule has 2 rings (SSSR count). The first kappa shape index (κ1) is 20.1. The Morgan fingerprint density at radius 2 is 1.77 bits per heavy atom. The number of anilines is 1. The van der Waals surface area contributed by atoms with Crippen molar-refractivity contribution in [2.24, 2.45) is 5.41 Å². The van der Waals surface area contributed by atoms with Crippen LogP contribution in [0.1, 0.15) is 52.9 Å². The fraction of sp³-hybridized carbons (Fsp3) is 0.600. The Labute approximate surface area is 155 Å². The van der Waals surface area contributed by atoms with Gasteiger partial charge in [0.25, 0.3) is 0 Å². The first-order valence-corrected chi connectivity index (χ1v) is 9.04. The summed E-state index contributed by atoms with van der Waals surface area (Å²) in [6.45, 7) is 5.82. The van der Waals surface area contributed by atoms with E-state index in [1.165, 1.54) is 0 Å². The minimum Gasteiger partial charge on any atom is -0.497 e. The van der Waals surface area contributed by atoms with E-state index in [-0.39, 0.29) is 23.8 Å². The highest BCUT2D eigenvalue weighted by Crippen LogP contribution is 2.43. The van der Waals surface area contributed by atoms with Crippen LogP contribution in [0.2, 0.25) is 0 Å². The molecular formula is C20H30N2O4. The van der Waals surface area contributed by atoms with Gasteiger partial charge in [0.2, 0.25) is 11.8 Å². The molecule has 26 heavy (non-hydrogen) atoms. The number of rotatable bonds is 6. The second-order valence-corrected chi connectivity index (χ2v) is 7.98. The molecule has 0 aromatic heterocycles. The van der Waals surface area contributed by atoms with Crippen LogP contribution in [0.25, 0.3) is 0 Å². The summed E-state index contributed by atoms with van der Waals surface area (Å²) in [6.07, 6.45) is 3.55. The van der Waals surface area contributed by atoms with Crippen LogP contribution in [0.4, 0.5) is 5.69 Å². The maximum atomic E-state index is 13.1. The summed E-state index contributed by atoms with van der Waals surface area (Å²) in [6, 6.07) is 5.25. The highest BCUT2D eigenvalue weighted by atomic mass is 16.5. The predicted molar refractivity (Wildman–Crippen MR) is 102 cm³/mol. The standard InChI is InChI=1S/C20H30N2O4/c1-19(2,3)22-17(23)13-20(10-6-7-11-20)18(24)21-15-9-8-14(25-4)12-16(15)26-5/h8-9,12H,6-7,10-11,13H2,1-5H3,(H,21,24)(H,22,23). The zero-order chi connectivity index (χ0) is 19.4. The summed E-state index contributed by atoms with van der Waals surface area (Å²) in [5, 5.41) is 5.93. The SMILES string of the molecule is COc1ccc(NC(=O)C2(CC(=O)NC(C)(C)C)CCCC2)c(OC)c1. The van der Waals surface area contributed by atoms with Crippen LogP contribution in [0.5, 0.6) is 11.5 Å². The van der Waals surface area contributed by atoms with Crippen LogP contribution in [-0.2, 0) is 9.59 Å². The maximum absolute atomic E-state index is 13.1. The molecule has 0 atom stereocenters. The molecule has 0 spiro atoms. The highest BCUT2D eigenvalue weighted by Gasteiger charge is 2.43. The largest absolute Gasteiger partial charge is 0.497 e. The lowest BCUT2D eigenvalue weighted by molar-refractivity contribution is -0.133. The normalized spacial score (nSPS) is 16.0. The highest BCUT2D eigenvalue weighted by molar-refractivity contribution is 5.99. The van der Waals surface area contributed by atoms with Crippen molar-refractivity contribution in [1.82, 2.24) is 5.32 Å². The molecule has 0 saturated heterocycles. The number of hydrogen-bond donors (Lipinski definition) is 2. The van der Waals surface area contributed by atoms with Gasteiger partial charge in [0, 0.05) is 18.0 Å². The number of ether oxygens (including phenoxy) is 2. The zero-order valence-corrected chi connectivity index (χ0v) is 16.4. The van der Waals surface area contributed by atoms with Crippen LogP contribution in [0, 0.1) is 5.41 Å². The predicted octanol–water partition coefficient (Wildman–Crippen LogP) is 3.51. The molecule has 0 heterocycles. The summed E-state index contributed by atoms with van der Waals surface area (Å²) >= 11 is 0. The van der Waals surface area contributed by atoms with Gasteiger partial charge in [-0.25, -0.2) is 0 Å². The molecule has 2 amide bonds. The third-order valence-electron chi connectivity index (χ3n) is 4.71. The van der Waals surface area contributed by atoms with Gasteiger partial charge in [-0.3, -0.25) is 9.59 Å². The van der Waals surface area contributed by atoms with E-state index in [4.69, 9.17) is 9.47 Å². The lowest BCUT2D eigenvalue weighted by Crippen LogP contribution is -2.45. The van der Waals surface area contributed by atoms with Gasteiger partial charge in [0.15, 0.2) is 0 Å². The fourth-order valence-electron chi connectivity index (χ4n) is 3.46. The van der Waals surface area contributed by atoms with Crippen LogP contribution in [0.3, 0.4) is 0 Å². The van der Waals surface area contributed by atoms with Gasteiger partial charge in [0.1, 0.15) is 11.5 Å². The molecule has 1 fully saturated rings. The summed E-state index contributed by atoms with van der Waals surface area (Å²) < 4.78 is 10.5. The quantitative estimate of drug-likeness (QED) is 0.812. The van der Waals surface area contributed by atoms with E-state index in [2.05, 4.69) is 10.6 Å². The van der Waals surface area contributed by atoms with Gasteiger partial charge in [-0.2, -0.15) is 0 Å². The number of carbonyl (C=O) groups excluding carboxylic acids is 2. The topological polar surface area (TPSA) is 76.7 Å². The number of benzene rings is 1. The first-order chi connectivity index (χ1) is 12.2. The summed E-state index contributed by atoms with van der Waals surface area (Å²) in [4.78, 5) is 25.5. The molecule has 1 aliphatic rings. The van der Waals surface area contributed by atoms with Crippen molar-refractivity contribution in [2.45, 2.75) is 58.4 Å². The Morgan fingerprint density at radius 1 is 1.12 bits per heavy atom. The molecule has 1 aromatic rings. The lowest BCUT2D eigenvalue weighted by Gasteiger charge is -2.29. The Balaban J connectivity index is 2.17. The van der Waals surface area contributed by atoms with Crippen LogP contribution < -0.4 is 20.1 Å². The molecule has 1 aromatic carbocycles. The zero-order valence-electron chi connectivity index (χ0n) is 16.4. The molecule has 0 aliphatic heterocycles. The van der Waals surface area contributed by atoms with Crippen molar-refractivity contribution in [1.29, 1.82) is 0 Å². The summed E-state index contributed by atoms with van der Waals surface area (Å²) in [5.41, 5.74) is -0.395. The van der Waals surface area contributed by atoms with Crippen LogP contribution in [-0.4, -0.2) is 31.6 Å². The van der Waals surface area contributed by atoms with Gasteiger partial charge >= 0.3 is 0 Å². The number of hydrogen-bond acceptors (Lipinski definition) is 4. The number of nitrogens with one attached hydrogen (secondary N) is 2. The third kappa shape index (κ3) is 4.90. The van der Waals surface area contributed by atoms with Crippen molar-refractivity contribution in [3.05, 3.63) is 18.2 Å². The van der Waals surface area contributed by atoms with E-state index in [9.17, 15) is 9.59 Å². The monoisotopic (exact) mass is 362 g/mol. The average Bonchev–Trinajstić information content (AvgIpc) is 3.03. The number of amides is 2. The van der Waals surface area contributed by atoms with E-state index < -0.39 is 5.41 Å². The molecule has 1 saturated carbocycles. The van der Waals surface area contributed by atoms with E-state index in [1.807, 2.05) is 20.8 Å². The Hall–Kier alpha value is -2.24. The first-order valence-electron chi connectivity index (χ1n) is 9.04. The van der Waals surface area contributed by atoms with Gasteiger partial charge in [0.05, 0.1) is 25.3 Å². The maximum Gasteiger partial charge on any atom is 0.231 e. The minimum atomic E-state index is -0.666. The van der Waals surface area contributed by atoms with Crippen LogP contribution in [0.15, 0.2) is 18.2 Å². The van der Waals surface area contributed by atoms with E-state index in [1.54, 1.807) is 32.4 Å². The van der Waals surface area contributed by atoms with E-state index >= 15 is 0 Å². The Kier molecular flexibility index (Phi) is 6.16. The van der Waals surface area contributed by atoms with Crippen LogP contribution >= 0.6 is 0 Å². The molecule has 0 radical (unpaired) electrons. The number of methoxy groups -OCH3 is 2. The van der Waals surface area contributed by atoms with Gasteiger partial charge < -0.3 is 20.1 Å². The third-order valence-corrected chi connectivity index (χ3v) is 4.71. The lowest BCUT2D eigenvalue weighted by atomic mass is 9.81. The Morgan fingerprint density at radius 3 is 2.31 bits per heavy atom. The smallest absolute Gasteiger partial charge is 0.231 e. The number of carbonyl (C=O) groups is 2. The molecule has 6 heteroatoms. The molecule has 0 bridgehead atoms. The van der Waals surface area contributed by atoms with E-state index in [0.29, 0.717) is 17.2 Å². The van der Waals surface area contributed by atoms with Crippen molar-refractivity contribution in [3.8, 4) is 11.5 Å². The van der Waals surface area contributed by atoms with Gasteiger partial charge in [-0.05, 0) is 45.7 Å². The van der Waals surface area contributed by atoms with Crippen molar-refractivity contribution in [3.63, 3.8) is 0 Å². The second-order valence-electron chi connectivity index (χ2n) is 7.98. The average molecular weight is 362 g/mol. The van der Waals surface area contributed by atoms with E-state index in [0.717, 1.165) is 25.7 Å². The summed E-state index contributed by atoms with van der Waals surface area (Å²) in [7, 11) is 3.13. The molecule has 2 N–H and O–H groups in total. The molecule has 144 valence electrons. The van der Waals surface area contributed by atoms with Gasteiger partial charge in [-0.1, -0.05) is 12.8 Å². The molecule has 6 nitrogen and oxygen atoms in total. The second kappa shape index (κ2) is 7.98. The summed E-state index contributed by atoms with van der Waals surface area (Å²) in [5.74, 6) is 0.976. The molecule has 1 aliphatic carbocycles. The van der Waals surface area contributed by atoms with Crippen molar-refractivity contribution in [2.75, 3.05) is 19.5 Å².